The number of carbonyl (C=O) groups excluding carboxylic acids is 2. The molecular formula is C23H30N4O5S. The number of ether oxygens (including phenoxy) is 1. The van der Waals surface area contributed by atoms with Gasteiger partial charge in [-0.3, -0.25) is 20.4 Å². The van der Waals surface area contributed by atoms with Gasteiger partial charge in [0, 0.05) is 32.9 Å². The fraction of sp³-hybridized carbons (Fsp3) is 0.391. The van der Waals surface area contributed by atoms with Gasteiger partial charge < -0.3 is 9.64 Å². The number of nitrogens with one attached hydrogen (secondary N) is 2. The third-order valence-corrected chi connectivity index (χ3v) is 7.27. The number of hydrogen-bond acceptors (Lipinski definition) is 6. The third kappa shape index (κ3) is 5.82. The first-order valence-electron chi connectivity index (χ1n) is 10.7. The van der Waals surface area contributed by atoms with Gasteiger partial charge in [0.1, 0.15) is 5.75 Å². The lowest BCUT2D eigenvalue weighted by molar-refractivity contribution is -0.123. The van der Waals surface area contributed by atoms with Crippen LogP contribution in [-0.4, -0.2) is 58.3 Å². The Bertz CT molecular complexity index is 1140. The monoisotopic (exact) mass is 474 g/mol. The number of rotatable bonds is 7. The fourth-order valence-electron chi connectivity index (χ4n) is 3.54. The number of amides is 2. The molecule has 2 amide bonds. The smallest absolute Gasteiger partial charge is 0.276 e. The summed E-state index contributed by atoms with van der Waals surface area (Å²) in [5, 5.41) is 0. The van der Waals surface area contributed by atoms with Crippen molar-refractivity contribution in [2.24, 2.45) is 0 Å². The third-order valence-electron chi connectivity index (χ3n) is 5.46. The fourth-order valence-corrected chi connectivity index (χ4v) is 4.47. The Labute approximate surface area is 194 Å². The summed E-state index contributed by atoms with van der Waals surface area (Å²) in [4.78, 5) is 27.2. The molecule has 1 aliphatic rings. The second-order valence-corrected chi connectivity index (χ2v) is 10.4. The van der Waals surface area contributed by atoms with Crippen molar-refractivity contribution in [3.8, 4) is 5.75 Å². The first-order chi connectivity index (χ1) is 15.6. The van der Waals surface area contributed by atoms with E-state index >= 15 is 0 Å². The summed E-state index contributed by atoms with van der Waals surface area (Å²) >= 11 is 0. The van der Waals surface area contributed by atoms with E-state index in [2.05, 4.69) is 10.9 Å². The molecule has 1 heterocycles. The topological polar surface area (TPSA) is 108 Å². The molecule has 0 unspecified atom stereocenters. The van der Waals surface area contributed by atoms with E-state index in [-0.39, 0.29) is 17.1 Å². The Morgan fingerprint density at radius 1 is 1.03 bits per heavy atom. The predicted octanol–water partition coefficient (Wildman–Crippen LogP) is 1.99. The summed E-state index contributed by atoms with van der Waals surface area (Å²) in [7, 11) is -0.864. The molecule has 0 saturated carbocycles. The maximum Gasteiger partial charge on any atom is 0.276 e. The molecule has 1 saturated heterocycles. The molecule has 0 aromatic heterocycles. The first-order valence-corrected chi connectivity index (χ1v) is 12.1. The second-order valence-electron chi connectivity index (χ2n) is 8.22. The molecule has 33 heavy (non-hydrogen) atoms. The van der Waals surface area contributed by atoms with Crippen LogP contribution in [0.2, 0.25) is 0 Å². The largest absolute Gasteiger partial charge is 0.483 e. The normalized spacial score (nSPS) is 13.8. The Morgan fingerprint density at radius 2 is 1.73 bits per heavy atom. The van der Waals surface area contributed by atoms with Crippen LogP contribution in [0.25, 0.3) is 0 Å². The molecule has 0 spiro atoms. The summed E-state index contributed by atoms with van der Waals surface area (Å²) in [5.74, 6) is -0.550. The Balaban J connectivity index is 1.73. The number of hydrogen-bond donors (Lipinski definition) is 2. The lowest BCUT2D eigenvalue weighted by Gasteiger charge is -2.22. The summed E-state index contributed by atoms with van der Waals surface area (Å²) in [6.07, 6.45) is 1.98. The lowest BCUT2D eigenvalue weighted by atomic mass is 10.1. The molecule has 0 radical (unpaired) electrons. The molecular weight excluding hydrogens is 444 g/mol. The van der Waals surface area contributed by atoms with Gasteiger partial charge in [0.25, 0.3) is 11.8 Å². The highest BCUT2D eigenvalue weighted by atomic mass is 32.2. The van der Waals surface area contributed by atoms with E-state index in [4.69, 9.17) is 4.74 Å². The van der Waals surface area contributed by atoms with Gasteiger partial charge in [-0.05, 0) is 62.1 Å². The maximum absolute atomic E-state index is 12.9. The zero-order valence-electron chi connectivity index (χ0n) is 19.3. The van der Waals surface area contributed by atoms with Crippen LogP contribution in [-0.2, 0) is 14.8 Å². The Kier molecular flexibility index (Phi) is 7.60. The number of carbonyl (C=O) groups is 2. The van der Waals surface area contributed by atoms with Crippen molar-refractivity contribution >= 4 is 27.5 Å². The van der Waals surface area contributed by atoms with Crippen LogP contribution in [0.5, 0.6) is 5.75 Å². The summed E-state index contributed by atoms with van der Waals surface area (Å²) in [5.41, 5.74) is 7.43. The van der Waals surface area contributed by atoms with Crippen molar-refractivity contribution in [1.82, 2.24) is 15.2 Å². The molecule has 2 N–H and O–H groups in total. The van der Waals surface area contributed by atoms with Crippen LogP contribution in [0.15, 0.2) is 41.3 Å². The van der Waals surface area contributed by atoms with Gasteiger partial charge in [0.15, 0.2) is 6.61 Å². The number of benzene rings is 2. The molecule has 10 heteroatoms. The molecule has 178 valence electrons. The van der Waals surface area contributed by atoms with E-state index in [0.29, 0.717) is 11.4 Å². The standard InChI is InChI=1S/C23H30N4O5S/c1-16-7-8-17(2)21(13-16)32-15-22(28)24-25-23(29)19-14-18(33(30,31)26(3)4)9-10-20(19)27-11-5-6-12-27/h7-10,13-14H,5-6,11-12,15H2,1-4H3,(H,24,28)(H,25,29). The van der Waals surface area contributed by atoms with Crippen LogP contribution < -0.4 is 20.5 Å². The molecule has 1 fully saturated rings. The molecule has 0 aliphatic carbocycles. The Morgan fingerprint density at radius 3 is 2.39 bits per heavy atom. The maximum atomic E-state index is 12.9. The van der Waals surface area contributed by atoms with E-state index in [9.17, 15) is 18.0 Å². The molecule has 2 aromatic carbocycles. The summed E-state index contributed by atoms with van der Waals surface area (Å²) in [6.45, 7) is 5.07. The van der Waals surface area contributed by atoms with Crippen LogP contribution in [0, 0.1) is 13.8 Å². The molecule has 0 bridgehead atoms. The SMILES string of the molecule is Cc1ccc(C)c(OCC(=O)NNC(=O)c2cc(S(=O)(=O)N(C)C)ccc2N2CCCC2)c1. The number of sulfonamides is 1. The highest BCUT2D eigenvalue weighted by Crippen LogP contribution is 2.28. The van der Waals surface area contributed by atoms with Crippen LogP contribution in [0.1, 0.15) is 34.3 Å². The van der Waals surface area contributed by atoms with Gasteiger partial charge in [-0.15, -0.1) is 0 Å². The van der Waals surface area contributed by atoms with Crippen LogP contribution >= 0.6 is 0 Å². The van der Waals surface area contributed by atoms with Gasteiger partial charge in [-0.1, -0.05) is 12.1 Å². The van der Waals surface area contributed by atoms with E-state index in [1.165, 1.54) is 26.2 Å². The van der Waals surface area contributed by atoms with Crippen molar-refractivity contribution in [2.45, 2.75) is 31.6 Å². The zero-order chi connectivity index (χ0) is 24.2. The quantitative estimate of drug-likeness (QED) is 0.595. The van der Waals surface area contributed by atoms with Crippen molar-refractivity contribution in [1.29, 1.82) is 0 Å². The zero-order valence-corrected chi connectivity index (χ0v) is 20.2. The second kappa shape index (κ2) is 10.2. The minimum Gasteiger partial charge on any atom is -0.483 e. The van der Waals surface area contributed by atoms with Gasteiger partial charge in [0.2, 0.25) is 10.0 Å². The van der Waals surface area contributed by atoms with Crippen molar-refractivity contribution in [2.75, 3.05) is 38.7 Å². The van der Waals surface area contributed by atoms with Crippen molar-refractivity contribution in [3.63, 3.8) is 0 Å². The van der Waals surface area contributed by atoms with E-state index in [1.54, 1.807) is 6.07 Å². The summed E-state index contributed by atoms with van der Waals surface area (Å²) in [6, 6.07) is 10.2. The summed E-state index contributed by atoms with van der Waals surface area (Å²) < 4.78 is 31.8. The van der Waals surface area contributed by atoms with Crippen LogP contribution in [0.4, 0.5) is 5.69 Å². The lowest BCUT2D eigenvalue weighted by Crippen LogP contribution is -2.44. The molecule has 0 atom stereocenters. The van der Waals surface area contributed by atoms with E-state index < -0.39 is 21.8 Å². The number of nitrogens with zero attached hydrogens (tertiary/aromatic N) is 2. The average molecular weight is 475 g/mol. The number of hydrazine groups is 1. The van der Waals surface area contributed by atoms with Crippen molar-refractivity contribution in [3.05, 3.63) is 53.1 Å². The van der Waals surface area contributed by atoms with Crippen molar-refractivity contribution < 1.29 is 22.7 Å². The predicted molar refractivity (Wildman–Crippen MR) is 126 cm³/mol. The van der Waals surface area contributed by atoms with Crippen LogP contribution in [0.3, 0.4) is 0 Å². The minimum atomic E-state index is -3.72. The Hall–Kier alpha value is -3.11. The number of aryl methyl sites for hydroxylation is 2. The van der Waals surface area contributed by atoms with Gasteiger partial charge in [-0.2, -0.15) is 0 Å². The molecule has 1 aliphatic heterocycles. The average Bonchev–Trinajstić information content (AvgIpc) is 3.32. The molecule has 3 rings (SSSR count). The molecule has 2 aromatic rings. The minimum absolute atomic E-state index is 0.00480. The highest BCUT2D eigenvalue weighted by molar-refractivity contribution is 7.89. The molecule has 9 nitrogen and oxygen atoms in total. The van der Waals surface area contributed by atoms with Gasteiger partial charge >= 0.3 is 0 Å². The van der Waals surface area contributed by atoms with Gasteiger partial charge in [-0.25, -0.2) is 12.7 Å². The highest BCUT2D eigenvalue weighted by Gasteiger charge is 2.25. The number of anilines is 1. The van der Waals surface area contributed by atoms with E-state index in [1.807, 2.05) is 36.9 Å². The van der Waals surface area contributed by atoms with Gasteiger partial charge in [0.05, 0.1) is 10.5 Å². The first kappa shape index (κ1) is 24.5. The van der Waals surface area contributed by atoms with E-state index in [0.717, 1.165) is 41.4 Å².